The number of carbonyl (C=O) groups excluding carboxylic acids is 1. The Bertz CT molecular complexity index is 160. The van der Waals surface area contributed by atoms with Crippen molar-refractivity contribution in [3.8, 4) is 0 Å². The van der Waals surface area contributed by atoms with Crippen LogP contribution in [0.3, 0.4) is 0 Å². The molecular weight excluding hydrogens is 180 g/mol. The summed E-state index contributed by atoms with van der Waals surface area (Å²) in [4.78, 5) is 10.8. The molecule has 0 radical (unpaired) electrons. The molecule has 14 heavy (non-hydrogen) atoms. The fraction of sp³-hybridized carbons (Fsp3) is 0.900. The smallest absolute Gasteiger partial charge is 0.246 e. The minimum absolute atomic E-state index is 0.371. The van der Waals surface area contributed by atoms with E-state index >= 15 is 0 Å². The highest BCUT2D eigenvalue weighted by atomic mass is 16.5. The number of ether oxygens (including phenoxy) is 1. The second-order valence-electron chi connectivity index (χ2n) is 3.63. The first kappa shape index (κ1) is 13.4. The maximum atomic E-state index is 10.8. The molecule has 0 saturated carbocycles. The summed E-state index contributed by atoms with van der Waals surface area (Å²) < 4.78 is 5.32. The standard InChI is InChI=1S/C10H22N2O2/c1-4-9(10(11)13)14-7-5-6-12-8(2)3/h8-9,12H,4-7H2,1-3H3,(H2,11,13). The van der Waals surface area contributed by atoms with Gasteiger partial charge in [0.2, 0.25) is 5.91 Å². The van der Waals surface area contributed by atoms with Gasteiger partial charge in [-0.1, -0.05) is 20.8 Å². The monoisotopic (exact) mass is 202 g/mol. The molecule has 0 bridgehead atoms. The van der Waals surface area contributed by atoms with Gasteiger partial charge in [-0.25, -0.2) is 0 Å². The van der Waals surface area contributed by atoms with E-state index in [1.807, 2.05) is 6.92 Å². The summed E-state index contributed by atoms with van der Waals surface area (Å²) in [5, 5.41) is 3.27. The van der Waals surface area contributed by atoms with Crippen molar-refractivity contribution in [3.05, 3.63) is 0 Å². The number of hydrogen-bond donors (Lipinski definition) is 2. The molecule has 0 heterocycles. The van der Waals surface area contributed by atoms with Crippen LogP contribution < -0.4 is 11.1 Å². The van der Waals surface area contributed by atoms with Crippen LogP contribution in [0.2, 0.25) is 0 Å². The van der Waals surface area contributed by atoms with E-state index in [0.29, 0.717) is 19.1 Å². The average molecular weight is 202 g/mol. The minimum Gasteiger partial charge on any atom is -0.368 e. The summed E-state index contributed by atoms with van der Waals surface area (Å²) in [6.45, 7) is 7.58. The topological polar surface area (TPSA) is 64.3 Å². The summed E-state index contributed by atoms with van der Waals surface area (Å²) in [5.74, 6) is -0.371. The lowest BCUT2D eigenvalue weighted by molar-refractivity contribution is -0.129. The van der Waals surface area contributed by atoms with Gasteiger partial charge in [0.05, 0.1) is 0 Å². The lowest BCUT2D eigenvalue weighted by Crippen LogP contribution is -2.31. The lowest BCUT2D eigenvalue weighted by Gasteiger charge is -2.13. The Labute approximate surface area is 86.2 Å². The lowest BCUT2D eigenvalue weighted by atomic mass is 10.2. The Kier molecular flexibility index (Phi) is 7.42. The number of carbonyl (C=O) groups is 1. The molecule has 4 nitrogen and oxygen atoms in total. The van der Waals surface area contributed by atoms with Crippen molar-refractivity contribution >= 4 is 5.91 Å². The molecule has 0 aromatic heterocycles. The summed E-state index contributed by atoms with van der Waals surface area (Å²) in [6, 6.07) is 0.494. The van der Waals surface area contributed by atoms with Crippen molar-refractivity contribution in [2.75, 3.05) is 13.2 Å². The number of nitrogens with two attached hydrogens (primary N) is 1. The second kappa shape index (κ2) is 7.76. The molecule has 4 heteroatoms. The van der Waals surface area contributed by atoms with Crippen LogP contribution in [0.25, 0.3) is 0 Å². The van der Waals surface area contributed by atoms with Gasteiger partial charge in [-0.05, 0) is 19.4 Å². The van der Waals surface area contributed by atoms with Crippen molar-refractivity contribution in [1.29, 1.82) is 0 Å². The van der Waals surface area contributed by atoms with Gasteiger partial charge in [0, 0.05) is 12.6 Å². The summed E-state index contributed by atoms with van der Waals surface area (Å²) >= 11 is 0. The van der Waals surface area contributed by atoms with E-state index in [0.717, 1.165) is 13.0 Å². The zero-order chi connectivity index (χ0) is 11.0. The maximum Gasteiger partial charge on any atom is 0.246 e. The molecule has 84 valence electrons. The van der Waals surface area contributed by atoms with E-state index in [9.17, 15) is 4.79 Å². The van der Waals surface area contributed by atoms with Crippen LogP contribution in [0.4, 0.5) is 0 Å². The predicted molar refractivity (Wildman–Crippen MR) is 57.0 cm³/mol. The average Bonchev–Trinajstić information content (AvgIpc) is 2.10. The first-order valence-electron chi connectivity index (χ1n) is 5.22. The van der Waals surface area contributed by atoms with Crippen LogP contribution in [0.5, 0.6) is 0 Å². The Morgan fingerprint density at radius 3 is 2.57 bits per heavy atom. The predicted octanol–water partition coefficient (Wildman–Crippen LogP) is 0.655. The molecule has 0 aromatic carbocycles. The van der Waals surface area contributed by atoms with E-state index in [1.54, 1.807) is 0 Å². The second-order valence-corrected chi connectivity index (χ2v) is 3.63. The molecular formula is C10H22N2O2. The van der Waals surface area contributed by atoms with E-state index in [2.05, 4.69) is 19.2 Å². The third-order valence-electron chi connectivity index (χ3n) is 1.88. The van der Waals surface area contributed by atoms with Gasteiger partial charge in [0.25, 0.3) is 0 Å². The number of rotatable bonds is 8. The molecule has 0 spiro atoms. The van der Waals surface area contributed by atoms with Crippen molar-refractivity contribution in [1.82, 2.24) is 5.32 Å². The third kappa shape index (κ3) is 6.86. The van der Waals surface area contributed by atoms with Crippen LogP contribution in [0.1, 0.15) is 33.6 Å². The van der Waals surface area contributed by atoms with Gasteiger partial charge in [-0.15, -0.1) is 0 Å². The zero-order valence-corrected chi connectivity index (χ0v) is 9.38. The molecule has 1 atom stereocenters. The fourth-order valence-corrected chi connectivity index (χ4v) is 1.09. The molecule has 0 saturated heterocycles. The highest BCUT2D eigenvalue weighted by Gasteiger charge is 2.11. The Balaban J connectivity index is 3.38. The highest BCUT2D eigenvalue weighted by molar-refractivity contribution is 5.78. The molecule has 0 aliphatic heterocycles. The fourth-order valence-electron chi connectivity index (χ4n) is 1.09. The molecule has 0 fully saturated rings. The molecule has 0 aliphatic rings. The largest absolute Gasteiger partial charge is 0.368 e. The minimum atomic E-state index is -0.422. The Hall–Kier alpha value is -0.610. The molecule has 1 unspecified atom stereocenters. The van der Waals surface area contributed by atoms with Crippen molar-refractivity contribution < 1.29 is 9.53 Å². The van der Waals surface area contributed by atoms with Crippen molar-refractivity contribution in [2.45, 2.75) is 45.8 Å². The summed E-state index contributed by atoms with van der Waals surface area (Å²) in [5.41, 5.74) is 5.13. The van der Waals surface area contributed by atoms with Gasteiger partial charge >= 0.3 is 0 Å². The number of amides is 1. The molecule has 1 amide bonds. The van der Waals surface area contributed by atoms with Crippen LogP contribution in [0.15, 0.2) is 0 Å². The number of hydrogen-bond acceptors (Lipinski definition) is 3. The maximum absolute atomic E-state index is 10.8. The number of nitrogens with one attached hydrogen (secondary N) is 1. The van der Waals surface area contributed by atoms with Gasteiger partial charge in [-0.2, -0.15) is 0 Å². The highest BCUT2D eigenvalue weighted by Crippen LogP contribution is 1.97. The van der Waals surface area contributed by atoms with E-state index in [-0.39, 0.29) is 5.91 Å². The normalized spacial score (nSPS) is 13.1. The molecule has 0 aliphatic carbocycles. The third-order valence-corrected chi connectivity index (χ3v) is 1.88. The van der Waals surface area contributed by atoms with Gasteiger partial charge in [0.15, 0.2) is 0 Å². The van der Waals surface area contributed by atoms with Crippen molar-refractivity contribution in [3.63, 3.8) is 0 Å². The molecule has 0 rings (SSSR count). The van der Waals surface area contributed by atoms with Gasteiger partial charge in [-0.3, -0.25) is 4.79 Å². The number of primary amides is 1. The summed E-state index contributed by atoms with van der Waals surface area (Å²) in [6.07, 6.45) is 1.13. The molecule has 0 aromatic rings. The van der Waals surface area contributed by atoms with Gasteiger partial charge in [0.1, 0.15) is 6.10 Å². The van der Waals surface area contributed by atoms with E-state index in [4.69, 9.17) is 10.5 Å². The zero-order valence-electron chi connectivity index (χ0n) is 9.38. The molecule has 3 N–H and O–H groups in total. The van der Waals surface area contributed by atoms with Crippen LogP contribution >= 0.6 is 0 Å². The van der Waals surface area contributed by atoms with Gasteiger partial charge < -0.3 is 15.8 Å². The van der Waals surface area contributed by atoms with E-state index in [1.165, 1.54) is 0 Å². The SMILES string of the molecule is CCC(OCCCNC(C)C)C(N)=O. The van der Waals surface area contributed by atoms with Crippen LogP contribution in [-0.2, 0) is 9.53 Å². The first-order valence-corrected chi connectivity index (χ1v) is 5.22. The van der Waals surface area contributed by atoms with Crippen molar-refractivity contribution in [2.24, 2.45) is 5.73 Å². The Morgan fingerprint density at radius 1 is 1.50 bits per heavy atom. The van der Waals surface area contributed by atoms with Crippen LogP contribution in [-0.4, -0.2) is 31.2 Å². The quantitative estimate of drug-likeness (QED) is 0.568. The summed E-state index contributed by atoms with van der Waals surface area (Å²) in [7, 11) is 0. The van der Waals surface area contributed by atoms with Crippen LogP contribution in [0, 0.1) is 0 Å². The Morgan fingerprint density at radius 2 is 2.14 bits per heavy atom. The first-order chi connectivity index (χ1) is 6.57. The van der Waals surface area contributed by atoms with E-state index < -0.39 is 6.10 Å².